The maximum atomic E-state index is 5.19. The number of hydrogen-bond acceptors (Lipinski definition) is 2. The van der Waals surface area contributed by atoms with Crippen LogP contribution in [-0.4, -0.2) is 0 Å². The van der Waals surface area contributed by atoms with E-state index in [1.54, 1.807) is 6.08 Å². The Hall–Kier alpha value is -0.630. The van der Waals surface area contributed by atoms with Crippen molar-refractivity contribution in [3.8, 4) is 0 Å². The molecule has 0 aromatic rings. The minimum Gasteiger partial charge on any atom is -0.405 e. The predicted octanol–water partition coefficient (Wildman–Crippen LogP) is 0.498. The second kappa shape index (κ2) is 3.56. The molecule has 0 aliphatic carbocycles. The van der Waals surface area contributed by atoms with Crippen LogP contribution in [0.15, 0.2) is 23.5 Å². The maximum absolute atomic E-state index is 5.19. The second-order valence-electron chi connectivity index (χ2n) is 0.936. The van der Waals surface area contributed by atoms with Crippen molar-refractivity contribution >= 4 is 11.6 Å². The molecule has 4 N–H and O–H groups in total. The Morgan fingerprint density at radius 3 is 2.29 bits per heavy atom. The topological polar surface area (TPSA) is 52.0 Å². The number of rotatable bonds is 1. The monoisotopic (exact) mass is 118 g/mol. The SMILES string of the molecule is NC=C/C=C(\N)Cl. The van der Waals surface area contributed by atoms with Crippen LogP contribution in [0, 0.1) is 0 Å². The average Bonchev–Trinajstić information content (AvgIpc) is 1.61. The molecule has 0 radical (unpaired) electrons. The van der Waals surface area contributed by atoms with Gasteiger partial charge in [-0.25, -0.2) is 0 Å². The van der Waals surface area contributed by atoms with Crippen LogP contribution in [0.5, 0.6) is 0 Å². The van der Waals surface area contributed by atoms with Gasteiger partial charge in [0.15, 0.2) is 0 Å². The molecule has 0 aliphatic rings. The third-order valence-corrected chi connectivity index (χ3v) is 0.493. The van der Waals surface area contributed by atoms with E-state index < -0.39 is 0 Å². The molecule has 0 unspecified atom stereocenters. The standard InChI is InChI=1S/C4H7ClN2/c5-4(7)2-1-3-6/h1-3H,6-7H2/b3-1?,4-2-. The van der Waals surface area contributed by atoms with Gasteiger partial charge in [0.1, 0.15) is 0 Å². The zero-order valence-corrected chi connectivity index (χ0v) is 4.52. The molecule has 0 amide bonds. The summed E-state index contributed by atoms with van der Waals surface area (Å²) in [5.41, 5.74) is 9.94. The van der Waals surface area contributed by atoms with Gasteiger partial charge >= 0.3 is 0 Å². The highest BCUT2D eigenvalue weighted by Crippen LogP contribution is 1.87. The van der Waals surface area contributed by atoms with Crippen LogP contribution >= 0.6 is 11.6 Å². The van der Waals surface area contributed by atoms with Crippen LogP contribution < -0.4 is 11.5 Å². The Kier molecular flexibility index (Phi) is 3.24. The molecule has 0 aromatic heterocycles. The van der Waals surface area contributed by atoms with Crippen LogP contribution in [0.1, 0.15) is 0 Å². The zero-order valence-electron chi connectivity index (χ0n) is 3.76. The molecule has 0 saturated carbocycles. The number of halogens is 1. The minimum atomic E-state index is 0.238. The summed E-state index contributed by atoms with van der Waals surface area (Å²) in [6, 6.07) is 0. The maximum Gasteiger partial charge on any atom is 0.0992 e. The Bertz CT molecular complexity index is 91.9. The van der Waals surface area contributed by atoms with Crippen LogP contribution in [0.2, 0.25) is 0 Å². The lowest BCUT2D eigenvalue weighted by atomic mass is 10.6. The molecule has 0 bridgehead atoms. The van der Waals surface area contributed by atoms with Gasteiger partial charge in [0.2, 0.25) is 0 Å². The van der Waals surface area contributed by atoms with Gasteiger partial charge < -0.3 is 11.5 Å². The minimum absolute atomic E-state index is 0.238. The van der Waals surface area contributed by atoms with Gasteiger partial charge in [-0.3, -0.25) is 0 Å². The Morgan fingerprint density at radius 2 is 2.14 bits per heavy atom. The number of nitrogens with two attached hydrogens (primary N) is 2. The van der Waals surface area contributed by atoms with Crippen molar-refractivity contribution in [2.24, 2.45) is 11.5 Å². The summed E-state index contributed by atoms with van der Waals surface area (Å²) in [7, 11) is 0. The molecule has 0 aliphatic heterocycles. The Labute approximate surface area is 47.4 Å². The third-order valence-electron chi connectivity index (χ3n) is 0.367. The largest absolute Gasteiger partial charge is 0.405 e. The van der Waals surface area contributed by atoms with Gasteiger partial charge in [-0.1, -0.05) is 11.6 Å². The molecule has 0 spiro atoms. The van der Waals surface area contributed by atoms with Gasteiger partial charge in [0.05, 0.1) is 5.16 Å². The summed E-state index contributed by atoms with van der Waals surface area (Å²) < 4.78 is 0. The molecule has 2 nitrogen and oxygen atoms in total. The van der Waals surface area contributed by atoms with E-state index in [9.17, 15) is 0 Å². The van der Waals surface area contributed by atoms with E-state index in [4.69, 9.17) is 23.1 Å². The fourth-order valence-electron chi connectivity index (χ4n) is 0.147. The fraction of sp³-hybridized carbons (Fsp3) is 0. The van der Waals surface area contributed by atoms with Crippen LogP contribution in [-0.2, 0) is 0 Å². The molecule has 40 valence electrons. The van der Waals surface area contributed by atoms with E-state index >= 15 is 0 Å². The van der Waals surface area contributed by atoms with Crippen molar-refractivity contribution in [2.75, 3.05) is 0 Å². The highest BCUT2D eigenvalue weighted by atomic mass is 35.5. The normalized spacial score (nSPS) is 13.0. The molecule has 0 rings (SSSR count). The van der Waals surface area contributed by atoms with Gasteiger partial charge in [0.25, 0.3) is 0 Å². The Balaban J connectivity index is 3.46. The van der Waals surface area contributed by atoms with Crippen LogP contribution in [0.3, 0.4) is 0 Å². The first-order valence-corrected chi connectivity index (χ1v) is 2.14. The van der Waals surface area contributed by atoms with Crippen LogP contribution in [0.25, 0.3) is 0 Å². The van der Waals surface area contributed by atoms with E-state index in [1.807, 2.05) is 0 Å². The van der Waals surface area contributed by atoms with E-state index in [0.717, 1.165) is 0 Å². The fourth-order valence-corrected chi connectivity index (χ4v) is 0.220. The molecule has 3 heteroatoms. The summed E-state index contributed by atoms with van der Waals surface area (Å²) in [5.74, 6) is 0. The first-order valence-electron chi connectivity index (χ1n) is 1.77. The van der Waals surface area contributed by atoms with Crippen molar-refractivity contribution < 1.29 is 0 Å². The summed E-state index contributed by atoms with van der Waals surface area (Å²) in [5, 5.41) is 0.238. The van der Waals surface area contributed by atoms with Crippen molar-refractivity contribution in [3.05, 3.63) is 23.5 Å². The van der Waals surface area contributed by atoms with Crippen molar-refractivity contribution in [3.63, 3.8) is 0 Å². The smallest absolute Gasteiger partial charge is 0.0992 e. The van der Waals surface area contributed by atoms with E-state index in [0.29, 0.717) is 0 Å². The number of allylic oxidation sites excluding steroid dienone is 2. The summed E-state index contributed by atoms with van der Waals surface area (Å²) in [6.45, 7) is 0. The molecule has 7 heavy (non-hydrogen) atoms. The second-order valence-corrected chi connectivity index (χ2v) is 1.37. The Morgan fingerprint density at radius 1 is 1.57 bits per heavy atom. The molecular weight excluding hydrogens is 112 g/mol. The molecule has 0 saturated heterocycles. The van der Waals surface area contributed by atoms with E-state index in [-0.39, 0.29) is 5.16 Å². The van der Waals surface area contributed by atoms with Crippen molar-refractivity contribution in [2.45, 2.75) is 0 Å². The first-order chi connectivity index (χ1) is 3.27. The zero-order chi connectivity index (χ0) is 5.70. The van der Waals surface area contributed by atoms with Gasteiger partial charge in [-0.2, -0.15) is 0 Å². The summed E-state index contributed by atoms with van der Waals surface area (Å²) in [4.78, 5) is 0. The van der Waals surface area contributed by atoms with Crippen LogP contribution in [0.4, 0.5) is 0 Å². The van der Waals surface area contributed by atoms with Crippen molar-refractivity contribution in [1.82, 2.24) is 0 Å². The third kappa shape index (κ3) is 5.37. The van der Waals surface area contributed by atoms with Crippen molar-refractivity contribution in [1.29, 1.82) is 0 Å². The molecule has 0 aromatic carbocycles. The van der Waals surface area contributed by atoms with Gasteiger partial charge in [0, 0.05) is 0 Å². The van der Waals surface area contributed by atoms with Gasteiger partial charge in [-0.05, 0) is 18.4 Å². The lowest BCUT2D eigenvalue weighted by Gasteiger charge is -1.76. The highest BCUT2D eigenvalue weighted by molar-refractivity contribution is 6.29. The quantitative estimate of drug-likeness (QED) is 0.389. The molecular formula is C4H7ClN2. The lowest BCUT2D eigenvalue weighted by molar-refractivity contribution is 1.52. The van der Waals surface area contributed by atoms with Gasteiger partial charge in [-0.15, -0.1) is 0 Å². The molecule has 0 atom stereocenters. The van der Waals surface area contributed by atoms with E-state index in [1.165, 1.54) is 12.3 Å². The first kappa shape index (κ1) is 6.37. The molecule has 0 heterocycles. The highest BCUT2D eigenvalue weighted by Gasteiger charge is 1.69. The predicted molar refractivity (Wildman–Crippen MR) is 31.5 cm³/mol. The molecule has 0 fully saturated rings. The lowest BCUT2D eigenvalue weighted by Crippen LogP contribution is -1.84. The summed E-state index contributed by atoms with van der Waals surface area (Å²) >= 11 is 5.19. The van der Waals surface area contributed by atoms with E-state index in [2.05, 4.69) is 0 Å². The average molecular weight is 119 g/mol. The number of hydrogen-bond donors (Lipinski definition) is 2. The summed E-state index contributed by atoms with van der Waals surface area (Å²) in [6.07, 6.45) is 4.42.